The Balaban J connectivity index is 0.000000860. The largest absolute Gasteiger partial charge is 0.436 e. The smallest absolute Gasteiger partial charge is 0.336 e. The molecule has 254 valence electrons. The van der Waals surface area contributed by atoms with Crippen molar-refractivity contribution < 1.29 is 29.3 Å². The molecule has 0 aromatic rings. The zero-order valence-corrected chi connectivity index (χ0v) is 28.1. The summed E-state index contributed by atoms with van der Waals surface area (Å²) in [5.74, 6) is 0.597. The van der Waals surface area contributed by atoms with Crippen molar-refractivity contribution in [2.24, 2.45) is 17.8 Å². The summed E-state index contributed by atoms with van der Waals surface area (Å²) in [5.41, 5.74) is 2.58. The third kappa shape index (κ3) is 16.1. The molecule has 3 rings (SSSR count). The van der Waals surface area contributed by atoms with Gasteiger partial charge >= 0.3 is 11.9 Å². The van der Waals surface area contributed by atoms with Crippen LogP contribution in [0, 0.1) is 17.8 Å². The first kappa shape index (κ1) is 38.5. The average molecular weight is 619 g/mol. The molecule has 0 bridgehead atoms. The van der Waals surface area contributed by atoms with Crippen molar-refractivity contribution in [2.75, 3.05) is 13.6 Å². The molecule has 6 nitrogen and oxygen atoms in total. The number of carbonyl (C=O) groups is 2. The number of hydrogen-bond acceptors (Lipinski definition) is 6. The van der Waals surface area contributed by atoms with E-state index in [1.54, 1.807) is 0 Å². The van der Waals surface area contributed by atoms with Crippen LogP contribution in [0.5, 0.6) is 0 Å². The van der Waals surface area contributed by atoms with E-state index in [0.29, 0.717) is 17.8 Å². The predicted molar refractivity (Wildman–Crippen MR) is 179 cm³/mol. The number of aliphatic hydroxyl groups excluding tert-OH is 2. The van der Waals surface area contributed by atoms with Crippen molar-refractivity contribution in [1.29, 1.82) is 0 Å². The maximum Gasteiger partial charge on any atom is 0.336 e. The van der Waals surface area contributed by atoms with Crippen LogP contribution in [0.3, 0.4) is 0 Å². The Morgan fingerprint density at radius 3 is 1.07 bits per heavy atom. The third-order valence-corrected chi connectivity index (χ3v) is 10.2. The minimum Gasteiger partial charge on any atom is -0.436 e. The Morgan fingerprint density at radius 1 is 0.500 bits per heavy atom. The average Bonchev–Trinajstić information content (AvgIpc) is 3.04. The van der Waals surface area contributed by atoms with Gasteiger partial charge in [0.25, 0.3) is 0 Å². The van der Waals surface area contributed by atoms with Crippen molar-refractivity contribution in [3.63, 3.8) is 0 Å². The summed E-state index contributed by atoms with van der Waals surface area (Å²) in [6.07, 6.45) is 36.1. The highest BCUT2D eigenvalue weighted by Crippen LogP contribution is 2.42. The first-order chi connectivity index (χ1) is 21.6. The number of rotatable bonds is 7. The summed E-state index contributed by atoms with van der Waals surface area (Å²) in [6.45, 7) is 2.03. The second-order valence-electron chi connectivity index (χ2n) is 13.5. The van der Waals surface area contributed by atoms with Crippen LogP contribution in [0.2, 0.25) is 0 Å². The predicted octanol–water partition coefficient (Wildman–Crippen LogP) is 9.86. The quantitative estimate of drug-likeness (QED) is 0.168. The molecule has 6 heteroatoms. The van der Waals surface area contributed by atoms with Crippen LogP contribution in [-0.2, 0) is 19.1 Å². The maximum absolute atomic E-state index is 13.8. The Morgan fingerprint density at radius 2 is 0.795 bits per heavy atom. The van der Waals surface area contributed by atoms with Crippen molar-refractivity contribution >= 4 is 11.9 Å². The monoisotopic (exact) mass is 618 g/mol. The highest BCUT2D eigenvalue weighted by molar-refractivity contribution is 5.90. The molecular formula is C38H66O6. The molecular weight excluding hydrogens is 552 g/mol. The second kappa shape index (κ2) is 25.5. The van der Waals surface area contributed by atoms with Gasteiger partial charge in [-0.05, 0) is 56.3 Å². The number of esters is 2. The van der Waals surface area contributed by atoms with E-state index in [4.69, 9.17) is 9.84 Å². The van der Waals surface area contributed by atoms with Crippen molar-refractivity contribution in [3.05, 3.63) is 23.8 Å². The molecule has 2 N–H and O–H groups in total. The summed E-state index contributed by atoms with van der Waals surface area (Å²) in [6, 6.07) is 0. The van der Waals surface area contributed by atoms with Crippen molar-refractivity contribution in [2.45, 2.75) is 173 Å². The number of allylic oxidation sites excluding steroid dienone is 1. The SMILES string of the molecule is C=CC(=O)OCO.O=C(OCO)C(=C(C1CCCCCCCCC1)C1CCCCCCCCC1)C1CCCCCCCCC1. The highest BCUT2D eigenvalue weighted by Gasteiger charge is 2.33. The molecule has 44 heavy (non-hydrogen) atoms. The van der Waals surface area contributed by atoms with Gasteiger partial charge in [-0.1, -0.05) is 147 Å². The van der Waals surface area contributed by atoms with E-state index in [-0.39, 0.29) is 5.97 Å². The first-order valence-corrected chi connectivity index (χ1v) is 18.5. The van der Waals surface area contributed by atoms with E-state index in [1.165, 1.54) is 166 Å². The van der Waals surface area contributed by atoms with Crippen molar-refractivity contribution in [3.8, 4) is 0 Å². The summed E-state index contributed by atoms with van der Waals surface area (Å²) in [7, 11) is 0. The third-order valence-electron chi connectivity index (χ3n) is 10.2. The van der Waals surface area contributed by atoms with E-state index in [1.807, 2.05) is 0 Å². The highest BCUT2D eigenvalue weighted by atomic mass is 16.6. The molecule has 3 saturated carbocycles. The molecule has 0 spiro atoms. The Bertz CT molecular complexity index is 747. The van der Waals surface area contributed by atoms with E-state index in [2.05, 4.69) is 11.3 Å². The van der Waals surface area contributed by atoms with E-state index in [9.17, 15) is 14.7 Å². The number of ether oxygens (including phenoxy) is 2. The standard InChI is InChI=1S/C34H60O3.C4H6O3/c35-28-37-34(36)33(31-26-20-14-8-3-9-15-21-27-31)32(29-22-16-10-4-1-5-11-17-23-29)30-24-18-12-6-2-7-13-19-25-30;1-2-4(6)7-3-5/h29-31,35H,1-28H2;2,5H,1,3H2. The van der Waals surface area contributed by atoms with Crippen LogP contribution in [0.15, 0.2) is 23.8 Å². The zero-order chi connectivity index (χ0) is 31.7. The van der Waals surface area contributed by atoms with Gasteiger partial charge in [0.2, 0.25) is 0 Å². The van der Waals surface area contributed by atoms with Gasteiger partial charge in [0.15, 0.2) is 13.6 Å². The van der Waals surface area contributed by atoms with E-state index < -0.39 is 19.6 Å². The van der Waals surface area contributed by atoms with E-state index in [0.717, 1.165) is 24.5 Å². The zero-order valence-electron chi connectivity index (χ0n) is 28.1. The van der Waals surface area contributed by atoms with Gasteiger partial charge in [0, 0.05) is 11.6 Å². The molecule has 0 unspecified atom stereocenters. The number of hydrogen-bond donors (Lipinski definition) is 2. The Labute approximate surface area is 269 Å². The lowest BCUT2D eigenvalue weighted by Gasteiger charge is -2.34. The molecule has 0 aromatic heterocycles. The van der Waals surface area contributed by atoms with Crippen LogP contribution in [-0.4, -0.2) is 35.7 Å². The lowest BCUT2D eigenvalue weighted by Crippen LogP contribution is -2.26. The van der Waals surface area contributed by atoms with Gasteiger partial charge in [-0.3, -0.25) is 0 Å². The molecule has 3 fully saturated rings. The summed E-state index contributed by atoms with van der Waals surface area (Å²) >= 11 is 0. The normalized spacial score (nSPS) is 21.4. The van der Waals surface area contributed by atoms with Gasteiger partial charge < -0.3 is 19.7 Å². The lowest BCUT2D eigenvalue weighted by molar-refractivity contribution is -0.148. The fourth-order valence-electron chi connectivity index (χ4n) is 7.89. The number of carbonyl (C=O) groups excluding carboxylic acids is 2. The van der Waals surface area contributed by atoms with Gasteiger partial charge in [-0.15, -0.1) is 0 Å². The molecule has 0 radical (unpaired) electrons. The molecule has 0 aromatic carbocycles. The molecule has 0 saturated heterocycles. The molecule has 0 amide bonds. The lowest BCUT2D eigenvalue weighted by atomic mass is 9.71. The van der Waals surface area contributed by atoms with Gasteiger partial charge in [-0.2, -0.15) is 0 Å². The van der Waals surface area contributed by atoms with Gasteiger partial charge in [-0.25, -0.2) is 9.59 Å². The van der Waals surface area contributed by atoms with Crippen LogP contribution in [0.1, 0.15) is 173 Å². The number of aliphatic hydroxyl groups is 2. The molecule has 0 heterocycles. The fraction of sp³-hybridized carbons (Fsp3) is 0.842. The summed E-state index contributed by atoms with van der Waals surface area (Å²) in [4.78, 5) is 23.7. The topological polar surface area (TPSA) is 93.1 Å². The minimum atomic E-state index is -0.609. The van der Waals surface area contributed by atoms with E-state index >= 15 is 0 Å². The minimum absolute atomic E-state index is 0.172. The Hall–Kier alpha value is -1.66. The van der Waals surface area contributed by atoms with Gasteiger partial charge in [0.1, 0.15) is 0 Å². The summed E-state index contributed by atoms with van der Waals surface area (Å²) < 4.78 is 9.50. The van der Waals surface area contributed by atoms with Gasteiger partial charge in [0.05, 0.1) is 0 Å². The van der Waals surface area contributed by atoms with Crippen LogP contribution >= 0.6 is 0 Å². The molecule has 3 aliphatic rings. The molecule has 0 aliphatic heterocycles. The fourth-order valence-corrected chi connectivity index (χ4v) is 7.89. The second-order valence-corrected chi connectivity index (χ2v) is 13.5. The first-order valence-electron chi connectivity index (χ1n) is 18.5. The Kier molecular flexibility index (Phi) is 22.3. The molecule has 0 atom stereocenters. The van der Waals surface area contributed by atoms with Crippen molar-refractivity contribution in [1.82, 2.24) is 0 Å². The summed E-state index contributed by atoms with van der Waals surface area (Å²) in [5, 5.41) is 17.6. The maximum atomic E-state index is 13.8. The molecule has 3 aliphatic carbocycles. The van der Waals surface area contributed by atoms with Crippen LogP contribution in [0.25, 0.3) is 0 Å². The van der Waals surface area contributed by atoms with Crippen LogP contribution in [0.4, 0.5) is 0 Å². The van der Waals surface area contributed by atoms with Crippen LogP contribution < -0.4 is 0 Å².